The standard InChI is InChI=1S/C14H15BrFN3OS/c1-2-3-4-5-12-18-19-14(21-12)17-13(20)10-7-6-9(16)8-11(10)15/h6-8H,2-5H2,1H3,(H,17,19,20). The van der Waals surface area contributed by atoms with Crippen LogP contribution in [0.1, 0.15) is 41.6 Å². The van der Waals surface area contributed by atoms with Crippen molar-refractivity contribution in [1.29, 1.82) is 0 Å². The van der Waals surface area contributed by atoms with Crippen molar-refractivity contribution in [3.05, 3.63) is 39.1 Å². The fraction of sp³-hybridized carbons (Fsp3) is 0.357. The number of unbranched alkanes of at least 4 members (excludes halogenated alkanes) is 2. The number of halogens is 2. The number of aryl methyl sites for hydroxylation is 1. The lowest BCUT2D eigenvalue weighted by Gasteiger charge is -2.03. The molecular formula is C14H15BrFN3OS. The molecule has 2 rings (SSSR count). The summed E-state index contributed by atoms with van der Waals surface area (Å²) in [5, 5.41) is 12.1. The van der Waals surface area contributed by atoms with Gasteiger partial charge in [0.15, 0.2) is 0 Å². The minimum Gasteiger partial charge on any atom is -0.296 e. The van der Waals surface area contributed by atoms with Crippen LogP contribution in [0, 0.1) is 5.82 Å². The van der Waals surface area contributed by atoms with E-state index in [-0.39, 0.29) is 5.91 Å². The SMILES string of the molecule is CCCCCc1nnc(NC(=O)c2ccc(F)cc2Br)s1. The van der Waals surface area contributed by atoms with E-state index >= 15 is 0 Å². The van der Waals surface area contributed by atoms with Gasteiger partial charge >= 0.3 is 0 Å². The van der Waals surface area contributed by atoms with Gasteiger partial charge in [-0.1, -0.05) is 31.1 Å². The normalized spacial score (nSPS) is 10.6. The van der Waals surface area contributed by atoms with E-state index < -0.39 is 5.82 Å². The number of nitrogens with one attached hydrogen (secondary N) is 1. The summed E-state index contributed by atoms with van der Waals surface area (Å²) in [6.07, 6.45) is 4.26. The van der Waals surface area contributed by atoms with Crippen molar-refractivity contribution in [3.63, 3.8) is 0 Å². The first kappa shape index (κ1) is 16.0. The van der Waals surface area contributed by atoms with Gasteiger partial charge in [0.1, 0.15) is 10.8 Å². The number of carbonyl (C=O) groups excluding carboxylic acids is 1. The summed E-state index contributed by atoms with van der Waals surface area (Å²) >= 11 is 4.55. The smallest absolute Gasteiger partial charge is 0.258 e. The molecule has 0 aliphatic rings. The molecule has 21 heavy (non-hydrogen) atoms. The van der Waals surface area contributed by atoms with Crippen LogP contribution in [0.15, 0.2) is 22.7 Å². The maximum atomic E-state index is 13.0. The Bertz CT molecular complexity index is 632. The summed E-state index contributed by atoms with van der Waals surface area (Å²) in [7, 11) is 0. The van der Waals surface area contributed by atoms with Gasteiger partial charge in [0, 0.05) is 10.9 Å². The van der Waals surface area contributed by atoms with Crippen LogP contribution in [0.2, 0.25) is 0 Å². The molecule has 1 heterocycles. The van der Waals surface area contributed by atoms with Crippen molar-refractivity contribution >= 4 is 38.3 Å². The number of rotatable bonds is 6. The lowest BCUT2D eigenvalue weighted by atomic mass is 10.2. The third kappa shape index (κ3) is 4.57. The van der Waals surface area contributed by atoms with Crippen molar-refractivity contribution in [2.24, 2.45) is 0 Å². The molecular weight excluding hydrogens is 357 g/mol. The number of benzene rings is 1. The Labute approximate surface area is 134 Å². The molecule has 1 N–H and O–H groups in total. The lowest BCUT2D eigenvalue weighted by molar-refractivity contribution is 0.102. The maximum absolute atomic E-state index is 13.0. The summed E-state index contributed by atoms with van der Waals surface area (Å²) in [6.45, 7) is 2.15. The minimum atomic E-state index is -0.396. The van der Waals surface area contributed by atoms with E-state index in [0.717, 1.165) is 30.7 Å². The van der Waals surface area contributed by atoms with Crippen LogP contribution in [0.5, 0.6) is 0 Å². The zero-order valence-electron chi connectivity index (χ0n) is 11.5. The molecule has 0 fully saturated rings. The van der Waals surface area contributed by atoms with Gasteiger partial charge in [0.05, 0.1) is 5.56 Å². The summed E-state index contributed by atoms with van der Waals surface area (Å²) in [6, 6.07) is 3.93. The van der Waals surface area contributed by atoms with Crippen LogP contribution in [-0.4, -0.2) is 16.1 Å². The molecule has 0 atom stereocenters. The van der Waals surface area contributed by atoms with Crippen LogP contribution in [0.25, 0.3) is 0 Å². The van der Waals surface area contributed by atoms with Gasteiger partial charge in [-0.2, -0.15) is 0 Å². The largest absolute Gasteiger partial charge is 0.296 e. The van der Waals surface area contributed by atoms with E-state index in [4.69, 9.17) is 0 Å². The first-order chi connectivity index (χ1) is 10.1. The number of carbonyl (C=O) groups is 1. The van der Waals surface area contributed by atoms with Gasteiger partial charge in [-0.3, -0.25) is 10.1 Å². The Morgan fingerprint density at radius 3 is 2.90 bits per heavy atom. The summed E-state index contributed by atoms with van der Waals surface area (Å²) < 4.78 is 13.4. The fourth-order valence-electron chi connectivity index (χ4n) is 1.77. The Balaban J connectivity index is 1.99. The van der Waals surface area contributed by atoms with Gasteiger partial charge in [0.25, 0.3) is 5.91 Å². The number of hydrogen-bond acceptors (Lipinski definition) is 4. The average molecular weight is 372 g/mol. The Morgan fingerprint density at radius 1 is 1.38 bits per heavy atom. The van der Waals surface area contributed by atoms with E-state index in [9.17, 15) is 9.18 Å². The highest BCUT2D eigenvalue weighted by Crippen LogP contribution is 2.22. The van der Waals surface area contributed by atoms with E-state index in [0.29, 0.717) is 15.2 Å². The zero-order chi connectivity index (χ0) is 15.2. The van der Waals surface area contributed by atoms with Gasteiger partial charge in [-0.05, 0) is 40.5 Å². The van der Waals surface area contributed by atoms with Crippen molar-refractivity contribution < 1.29 is 9.18 Å². The predicted octanol–water partition coefficient (Wildman–Crippen LogP) is 4.42. The second kappa shape index (κ2) is 7.61. The molecule has 2 aromatic rings. The Hall–Kier alpha value is -1.34. The molecule has 0 bridgehead atoms. The van der Waals surface area contributed by atoms with Gasteiger partial charge in [0.2, 0.25) is 5.13 Å². The van der Waals surface area contributed by atoms with Crippen LogP contribution < -0.4 is 5.32 Å². The average Bonchev–Trinajstić information content (AvgIpc) is 2.86. The molecule has 112 valence electrons. The van der Waals surface area contributed by atoms with Crippen molar-refractivity contribution in [2.75, 3.05) is 5.32 Å². The molecule has 0 unspecified atom stereocenters. The molecule has 1 amide bonds. The first-order valence-electron chi connectivity index (χ1n) is 6.69. The number of amides is 1. The van der Waals surface area contributed by atoms with Crippen molar-refractivity contribution in [1.82, 2.24) is 10.2 Å². The summed E-state index contributed by atoms with van der Waals surface area (Å²) in [4.78, 5) is 12.1. The topological polar surface area (TPSA) is 54.9 Å². The van der Waals surface area contributed by atoms with Crippen LogP contribution >= 0.6 is 27.3 Å². The van der Waals surface area contributed by atoms with E-state index in [1.54, 1.807) is 0 Å². The highest BCUT2D eigenvalue weighted by Gasteiger charge is 2.13. The second-order valence-corrected chi connectivity index (χ2v) is 6.45. The van der Waals surface area contributed by atoms with Crippen molar-refractivity contribution in [2.45, 2.75) is 32.6 Å². The molecule has 0 saturated heterocycles. The van der Waals surface area contributed by atoms with E-state index in [2.05, 4.69) is 38.4 Å². The predicted molar refractivity (Wildman–Crippen MR) is 85.2 cm³/mol. The highest BCUT2D eigenvalue weighted by atomic mass is 79.9. The van der Waals surface area contributed by atoms with Crippen LogP contribution in [-0.2, 0) is 6.42 Å². The Morgan fingerprint density at radius 2 is 2.19 bits per heavy atom. The third-order valence-corrected chi connectivity index (χ3v) is 4.41. The van der Waals surface area contributed by atoms with Gasteiger partial charge in [-0.25, -0.2) is 4.39 Å². The molecule has 0 radical (unpaired) electrons. The fourth-order valence-corrected chi connectivity index (χ4v) is 3.08. The quantitative estimate of drug-likeness (QED) is 0.764. The van der Waals surface area contributed by atoms with Crippen molar-refractivity contribution in [3.8, 4) is 0 Å². The minimum absolute atomic E-state index is 0.335. The lowest BCUT2D eigenvalue weighted by Crippen LogP contribution is -2.12. The summed E-state index contributed by atoms with van der Waals surface area (Å²) in [5.41, 5.74) is 0.360. The highest BCUT2D eigenvalue weighted by molar-refractivity contribution is 9.10. The van der Waals surface area contributed by atoms with Gasteiger partial charge < -0.3 is 0 Å². The monoisotopic (exact) mass is 371 g/mol. The molecule has 0 spiro atoms. The molecule has 1 aromatic heterocycles. The van der Waals surface area contributed by atoms with Gasteiger partial charge in [-0.15, -0.1) is 10.2 Å². The first-order valence-corrected chi connectivity index (χ1v) is 8.30. The number of anilines is 1. The van der Waals surface area contributed by atoms with E-state index in [1.165, 1.54) is 29.5 Å². The van der Waals surface area contributed by atoms with Crippen LogP contribution in [0.4, 0.5) is 9.52 Å². The molecule has 0 aliphatic carbocycles. The molecule has 4 nitrogen and oxygen atoms in total. The molecule has 0 saturated carbocycles. The number of hydrogen-bond donors (Lipinski definition) is 1. The molecule has 7 heteroatoms. The second-order valence-electron chi connectivity index (χ2n) is 4.54. The van der Waals surface area contributed by atoms with Crippen LogP contribution in [0.3, 0.4) is 0 Å². The summed E-state index contributed by atoms with van der Waals surface area (Å²) in [5.74, 6) is -0.731. The third-order valence-electron chi connectivity index (χ3n) is 2.86. The number of nitrogens with zero attached hydrogens (tertiary/aromatic N) is 2. The molecule has 0 aliphatic heterocycles. The molecule has 1 aromatic carbocycles. The Kier molecular flexibility index (Phi) is 5.81. The number of aromatic nitrogens is 2. The zero-order valence-corrected chi connectivity index (χ0v) is 13.9. The maximum Gasteiger partial charge on any atom is 0.258 e. The van der Waals surface area contributed by atoms with E-state index in [1.807, 2.05) is 0 Å².